The molecule has 0 aromatic rings. The third kappa shape index (κ3) is 2.09. The highest BCUT2D eigenvalue weighted by atomic mass is 16.1. The summed E-state index contributed by atoms with van der Waals surface area (Å²) in [5.41, 5.74) is 1.54. The second-order valence-electron chi connectivity index (χ2n) is 6.01. The van der Waals surface area contributed by atoms with Crippen molar-refractivity contribution in [1.29, 1.82) is 0 Å². The van der Waals surface area contributed by atoms with Crippen LogP contribution in [-0.2, 0) is 4.79 Å². The Morgan fingerprint density at radius 3 is 2.81 bits per heavy atom. The number of carbonyl (C=O) groups excluding carboxylic acids is 1. The van der Waals surface area contributed by atoms with Crippen molar-refractivity contribution in [3.05, 3.63) is 11.6 Å². The summed E-state index contributed by atoms with van der Waals surface area (Å²) in [6.07, 6.45) is 8.82. The van der Waals surface area contributed by atoms with Crippen LogP contribution in [0.4, 0.5) is 0 Å². The van der Waals surface area contributed by atoms with Crippen molar-refractivity contribution >= 4 is 6.29 Å². The standard InChI is InChI=1S/C15H24O/c1-10-4-6-13-11(2)5-7-14(12(3)9-16)15(13)8-10/h8-9,11-15H,4-7H2,1-3H3/t11-,12?,13+,14?,15+/m1/s1. The van der Waals surface area contributed by atoms with Crippen LogP contribution in [0.3, 0.4) is 0 Å². The fraction of sp³-hybridized carbons (Fsp3) is 0.800. The first-order chi connectivity index (χ1) is 7.63. The summed E-state index contributed by atoms with van der Waals surface area (Å²) in [6.45, 7) is 6.74. The van der Waals surface area contributed by atoms with Crippen LogP contribution in [0.5, 0.6) is 0 Å². The highest BCUT2D eigenvalue weighted by molar-refractivity contribution is 5.53. The second kappa shape index (κ2) is 4.73. The van der Waals surface area contributed by atoms with Crippen LogP contribution in [0, 0.1) is 29.6 Å². The first kappa shape index (κ1) is 11.9. The van der Waals surface area contributed by atoms with Crippen LogP contribution in [0.15, 0.2) is 11.6 Å². The number of rotatable bonds is 2. The van der Waals surface area contributed by atoms with E-state index in [4.69, 9.17) is 0 Å². The molecule has 90 valence electrons. The summed E-state index contributed by atoms with van der Waals surface area (Å²) in [4.78, 5) is 11.0. The molecule has 2 unspecified atom stereocenters. The van der Waals surface area contributed by atoms with Crippen molar-refractivity contribution < 1.29 is 4.79 Å². The highest BCUT2D eigenvalue weighted by Gasteiger charge is 2.39. The zero-order valence-electron chi connectivity index (χ0n) is 10.8. The Labute approximate surface area is 99.3 Å². The molecule has 2 aliphatic rings. The molecule has 0 aromatic carbocycles. The molecule has 0 bridgehead atoms. The highest BCUT2D eigenvalue weighted by Crippen LogP contribution is 2.47. The monoisotopic (exact) mass is 220 g/mol. The lowest BCUT2D eigenvalue weighted by Gasteiger charge is -2.44. The molecular formula is C15H24O. The number of aldehydes is 1. The van der Waals surface area contributed by atoms with Crippen LogP contribution in [0.25, 0.3) is 0 Å². The van der Waals surface area contributed by atoms with Gasteiger partial charge >= 0.3 is 0 Å². The van der Waals surface area contributed by atoms with E-state index in [-0.39, 0.29) is 5.92 Å². The van der Waals surface area contributed by atoms with Gasteiger partial charge in [0.1, 0.15) is 6.29 Å². The van der Waals surface area contributed by atoms with Gasteiger partial charge in [-0.25, -0.2) is 0 Å². The summed E-state index contributed by atoms with van der Waals surface area (Å²) in [5, 5.41) is 0. The van der Waals surface area contributed by atoms with Crippen molar-refractivity contribution in [3.8, 4) is 0 Å². The fourth-order valence-electron chi connectivity index (χ4n) is 3.80. The average molecular weight is 220 g/mol. The van der Waals surface area contributed by atoms with Gasteiger partial charge in [0.25, 0.3) is 0 Å². The molecule has 0 heterocycles. The first-order valence-corrected chi connectivity index (χ1v) is 6.76. The minimum Gasteiger partial charge on any atom is -0.303 e. The Bertz CT molecular complexity index is 292. The van der Waals surface area contributed by atoms with Crippen LogP contribution < -0.4 is 0 Å². The van der Waals surface area contributed by atoms with Crippen molar-refractivity contribution in [2.75, 3.05) is 0 Å². The molecule has 1 nitrogen and oxygen atoms in total. The van der Waals surface area contributed by atoms with Gasteiger partial charge in [0.05, 0.1) is 0 Å². The number of hydrogen-bond acceptors (Lipinski definition) is 1. The van der Waals surface area contributed by atoms with Crippen LogP contribution in [0.1, 0.15) is 46.5 Å². The maximum atomic E-state index is 11.0. The molecule has 0 aromatic heterocycles. The Morgan fingerprint density at radius 1 is 1.38 bits per heavy atom. The quantitative estimate of drug-likeness (QED) is 0.510. The molecule has 5 atom stereocenters. The molecular weight excluding hydrogens is 196 g/mol. The van der Waals surface area contributed by atoms with Gasteiger partial charge in [0, 0.05) is 5.92 Å². The minimum absolute atomic E-state index is 0.238. The second-order valence-corrected chi connectivity index (χ2v) is 6.01. The summed E-state index contributed by atoms with van der Waals surface area (Å²) in [5.74, 6) is 3.21. The van der Waals surface area contributed by atoms with Crippen molar-refractivity contribution in [2.45, 2.75) is 46.5 Å². The number of carbonyl (C=O) groups is 1. The Hall–Kier alpha value is -0.590. The van der Waals surface area contributed by atoms with E-state index in [1.54, 1.807) is 5.57 Å². The van der Waals surface area contributed by atoms with Crippen molar-refractivity contribution in [2.24, 2.45) is 29.6 Å². The van der Waals surface area contributed by atoms with Gasteiger partial charge in [-0.3, -0.25) is 0 Å². The summed E-state index contributed by atoms with van der Waals surface area (Å²) < 4.78 is 0. The molecule has 0 aliphatic heterocycles. The van der Waals surface area contributed by atoms with Gasteiger partial charge in [0.2, 0.25) is 0 Å². The molecule has 1 heteroatoms. The number of hydrogen-bond donors (Lipinski definition) is 0. The zero-order valence-corrected chi connectivity index (χ0v) is 10.8. The lowest BCUT2D eigenvalue weighted by atomic mass is 9.60. The zero-order chi connectivity index (χ0) is 11.7. The molecule has 0 radical (unpaired) electrons. The Balaban J connectivity index is 2.21. The third-order valence-corrected chi connectivity index (χ3v) is 4.91. The molecule has 2 rings (SSSR count). The molecule has 0 saturated heterocycles. The molecule has 0 spiro atoms. The average Bonchev–Trinajstić information content (AvgIpc) is 2.28. The molecule has 0 amide bonds. The molecule has 1 fully saturated rings. The molecule has 0 N–H and O–H groups in total. The van der Waals surface area contributed by atoms with E-state index in [2.05, 4.69) is 26.8 Å². The van der Waals surface area contributed by atoms with E-state index in [1.165, 1.54) is 25.7 Å². The van der Waals surface area contributed by atoms with E-state index in [0.29, 0.717) is 11.8 Å². The van der Waals surface area contributed by atoms with E-state index in [1.807, 2.05) is 0 Å². The predicted molar refractivity (Wildman–Crippen MR) is 67.1 cm³/mol. The molecule has 1 saturated carbocycles. The van der Waals surface area contributed by atoms with E-state index >= 15 is 0 Å². The number of allylic oxidation sites excluding steroid dienone is 2. The van der Waals surface area contributed by atoms with Crippen LogP contribution in [0.2, 0.25) is 0 Å². The first-order valence-electron chi connectivity index (χ1n) is 6.76. The van der Waals surface area contributed by atoms with Crippen LogP contribution >= 0.6 is 0 Å². The lowest BCUT2D eigenvalue weighted by Crippen LogP contribution is -2.37. The third-order valence-electron chi connectivity index (χ3n) is 4.91. The molecule has 16 heavy (non-hydrogen) atoms. The normalized spacial score (nSPS) is 40.8. The largest absolute Gasteiger partial charge is 0.303 e. The van der Waals surface area contributed by atoms with E-state index < -0.39 is 0 Å². The van der Waals surface area contributed by atoms with Gasteiger partial charge in [-0.2, -0.15) is 0 Å². The van der Waals surface area contributed by atoms with E-state index in [9.17, 15) is 4.79 Å². The smallest absolute Gasteiger partial charge is 0.123 e. The van der Waals surface area contributed by atoms with Gasteiger partial charge in [-0.05, 0) is 49.9 Å². The predicted octanol–water partition coefficient (Wildman–Crippen LogP) is 3.84. The SMILES string of the molecule is CC1=C[C@@H]2C(C(C)C=O)CC[C@@H](C)[C@@H]2CC1. The maximum Gasteiger partial charge on any atom is 0.123 e. The molecule has 2 aliphatic carbocycles. The number of fused-ring (bicyclic) bond motifs is 1. The lowest BCUT2D eigenvalue weighted by molar-refractivity contribution is -0.113. The van der Waals surface area contributed by atoms with Gasteiger partial charge < -0.3 is 4.79 Å². The van der Waals surface area contributed by atoms with Crippen molar-refractivity contribution in [3.63, 3.8) is 0 Å². The topological polar surface area (TPSA) is 17.1 Å². The minimum atomic E-state index is 0.238. The van der Waals surface area contributed by atoms with Crippen LogP contribution in [-0.4, -0.2) is 6.29 Å². The van der Waals surface area contributed by atoms with E-state index in [0.717, 1.165) is 18.1 Å². The Kier molecular flexibility index (Phi) is 3.51. The van der Waals surface area contributed by atoms with Gasteiger partial charge in [-0.15, -0.1) is 0 Å². The fourth-order valence-corrected chi connectivity index (χ4v) is 3.80. The van der Waals surface area contributed by atoms with Crippen molar-refractivity contribution in [1.82, 2.24) is 0 Å². The summed E-state index contributed by atoms with van der Waals surface area (Å²) >= 11 is 0. The van der Waals surface area contributed by atoms with Gasteiger partial charge in [0.15, 0.2) is 0 Å². The summed E-state index contributed by atoms with van der Waals surface area (Å²) in [7, 11) is 0. The maximum absolute atomic E-state index is 11.0. The van der Waals surface area contributed by atoms with Gasteiger partial charge in [-0.1, -0.05) is 31.9 Å². The Morgan fingerprint density at radius 2 is 2.12 bits per heavy atom. The summed E-state index contributed by atoms with van der Waals surface area (Å²) in [6, 6.07) is 0.